The standard InChI is InChI=1S/C31H32N2O/c1-24(33-30(27-18-10-4-11-19-27)28-20-12-5-13-21-28)31(34)32-23-22-29(25-14-6-2-7-15-25)26-16-8-3-9-17-26/h2-21,24,29-30,33H,22-23H2,1H3,(H,32,34). The minimum Gasteiger partial charge on any atom is -0.355 e. The lowest BCUT2D eigenvalue weighted by molar-refractivity contribution is -0.122. The van der Waals surface area contributed by atoms with Crippen molar-refractivity contribution in [3.8, 4) is 0 Å². The Morgan fingerprint density at radius 1 is 0.618 bits per heavy atom. The molecule has 1 amide bonds. The van der Waals surface area contributed by atoms with Crippen LogP contribution < -0.4 is 10.6 Å². The summed E-state index contributed by atoms with van der Waals surface area (Å²) >= 11 is 0. The van der Waals surface area contributed by atoms with E-state index in [0.29, 0.717) is 6.54 Å². The summed E-state index contributed by atoms with van der Waals surface area (Å²) in [6.45, 7) is 2.54. The van der Waals surface area contributed by atoms with Crippen LogP contribution in [0.5, 0.6) is 0 Å². The molecule has 0 aliphatic heterocycles. The van der Waals surface area contributed by atoms with E-state index in [4.69, 9.17) is 0 Å². The maximum Gasteiger partial charge on any atom is 0.236 e. The first-order valence-electron chi connectivity index (χ1n) is 12.0. The van der Waals surface area contributed by atoms with Gasteiger partial charge in [0.15, 0.2) is 0 Å². The SMILES string of the molecule is CC(NC(c1ccccc1)c1ccccc1)C(=O)NCCC(c1ccccc1)c1ccccc1. The summed E-state index contributed by atoms with van der Waals surface area (Å²) in [4.78, 5) is 13.0. The van der Waals surface area contributed by atoms with Gasteiger partial charge in [0.2, 0.25) is 5.91 Å². The summed E-state index contributed by atoms with van der Waals surface area (Å²) in [5.41, 5.74) is 4.81. The third-order valence-electron chi connectivity index (χ3n) is 6.21. The Hall–Kier alpha value is -3.69. The van der Waals surface area contributed by atoms with E-state index in [9.17, 15) is 4.79 Å². The Balaban J connectivity index is 1.40. The Kier molecular flexibility index (Phi) is 8.26. The fourth-order valence-corrected chi connectivity index (χ4v) is 4.39. The van der Waals surface area contributed by atoms with Crippen molar-refractivity contribution in [3.05, 3.63) is 144 Å². The van der Waals surface area contributed by atoms with E-state index in [-0.39, 0.29) is 23.9 Å². The van der Waals surface area contributed by atoms with Crippen LogP contribution in [0.3, 0.4) is 0 Å². The van der Waals surface area contributed by atoms with E-state index >= 15 is 0 Å². The average molecular weight is 449 g/mol. The predicted molar refractivity (Wildman–Crippen MR) is 140 cm³/mol. The second-order valence-corrected chi connectivity index (χ2v) is 8.60. The largest absolute Gasteiger partial charge is 0.355 e. The molecule has 0 spiro atoms. The van der Waals surface area contributed by atoms with Gasteiger partial charge in [-0.1, -0.05) is 121 Å². The lowest BCUT2D eigenvalue weighted by Gasteiger charge is -2.24. The highest BCUT2D eigenvalue weighted by Gasteiger charge is 2.21. The van der Waals surface area contributed by atoms with E-state index < -0.39 is 0 Å². The topological polar surface area (TPSA) is 41.1 Å². The van der Waals surface area contributed by atoms with Gasteiger partial charge < -0.3 is 5.32 Å². The summed E-state index contributed by atoms with van der Waals surface area (Å²) in [6, 6.07) is 41.2. The Labute approximate surface area is 202 Å². The maximum atomic E-state index is 13.0. The first-order valence-corrected chi connectivity index (χ1v) is 12.0. The number of amides is 1. The molecular formula is C31H32N2O. The van der Waals surface area contributed by atoms with Crippen LogP contribution in [0.25, 0.3) is 0 Å². The number of rotatable bonds is 10. The van der Waals surface area contributed by atoms with E-state index in [2.05, 4.69) is 83.4 Å². The molecule has 0 fully saturated rings. The van der Waals surface area contributed by atoms with Crippen molar-refractivity contribution >= 4 is 5.91 Å². The Bertz CT molecular complexity index is 1050. The zero-order valence-corrected chi connectivity index (χ0v) is 19.6. The summed E-state index contributed by atoms with van der Waals surface area (Å²) in [5, 5.41) is 6.70. The molecule has 34 heavy (non-hydrogen) atoms. The maximum absolute atomic E-state index is 13.0. The second kappa shape index (κ2) is 12.0. The summed E-state index contributed by atoms with van der Waals surface area (Å²) in [7, 11) is 0. The number of hydrogen-bond donors (Lipinski definition) is 2. The van der Waals surface area contributed by atoms with Crippen molar-refractivity contribution in [3.63, 3.8) is 0 Å². The third-order valence-corrected chi connectivity index (χ3v) is 6.21. The average Bonchev–Trinajstić information content (AvgIpc) is 2.91. The van der Waals surface area contributed by atoms with Crippen LogP contribution in [-0.4, -0.2) is 18.5 Å². The molecule has 3 heteroatoms. The zero-order valence-electron chi connectivity index (χ0n) is 19.6. The van der Waals surface area contributed by atoms with Crippen molar-refractivity contribution in [1.29, 1.82) is 0 Å². The fraction of sp³-hybridized carbons (Fsp3) is 0.194. The van der Waals surface area contributed by atoms with Crippen molar-refractivity contribution < 1.29 is 4.79 Å². The van der Waals surface area contributed by atoms with Crippen LogP contribution >= 0.6 is 0 Å². The molecule has 0 aliphatic rings. The molecule has 0 saturated carbocycles. The number of carbonyl (C=O) groups is 1. The monoisotopic (exact) mass is 448 g/mol. The molecule has 172 valence electrons. The third kappa shape index (κ3) is 6.21. The molecular weight excluding hydrogens is 416 g/mol. The van der Waals surface area contributed by atoms with Crippen LogP contribution in [0.1, 0.15) is 47.6 Å². The lowest BCUT2D eigenvalue weighted by Crippen LogP contribution is -2.44. The molecule has 0 saturated heterocycles. The van der Waals surface area contributed by atoms with Gasteiger partial charge in [-0.25, -0.2) is 0 Å². The molecule has 0 aromatic heterocycles. The summed E-state index contributed by atoms with van der Waals surface area (Å²) in [6.07, 6.45) is 0.841. The Morgan fingerprint density at radius 3 is 1.41 bits per heavy atom. The van der Waals surface area contributed by atoms with Gasteiger partial charge in [0.05, 0.1) is 12.1 Å². The minimum absolute atomic E-state index is 0.0109. The number of benzene rings is 4. The minimum atomic E-state index is -0.336. The van der Waals surface area contributed by atoms with Crippen LogP contribution in [0.2, 0.25) is 0 Å². The normalized spacial score (nSPS) is 12.0. The van der Waals surface area contributed by atoms with Crippen molar-refractivity contribution in [2.24, 2.45) is 0 Å². The van der Waals surface area contributed by atoms with Crippen LogP contribution in [0.4, 0.5) is 0 Å². The smallest absolute Gasteiger partial charge is 0.236 e. The first-order chi connectivity index (χ1) is 16.7. The van der Waals surface area contributed by atoms with Gasteiger partial charge in [-0.15, -0.1) is 0 Å². The van der Waals surface area contributed by atoms with Gasteiger partial charge in [-0.05, 0) is 35.6 Å². The molecule has 1 atom stereocenters. The molecule has 0 heterocycles. The lowest BCUT2D eigenvalue weighted by atomic mass is 9.88. The van der Waals surface area contributed by atoms with Gasteiger partial charge in [-0.2, -0.15) is 0 Å². The quantitative estimate of drug-likeness (QED) is 0.308. The molecule has 2 N–H and O–H groups in total. The van der Waals surface area contributed by atoms with Gasteiger partial charge in [0, 0.05) is 12.5 Å². The van der Waals surface area contributed by atoms with Gasteiger partial charge in [-0.3, -0.25) is 10.1 Å². The van der Waals surface area contributed by atoms with Gasteiger partial charge >= 0.3 is 0 Å². The van der Waals surface area contributed by atoms with E-state index in [1.807, 2.05) is 55.5 Å². The van der Waals surface area contributed by atoms with Crippen LogP contribution in [0.15, 0.2) is 121 Å². The van der Waals surface area contributed by atoms with Crippen molar-refractivity contribution in [2.75, 3.05) is 6.54 Å². The molecule has 3 nitrogen and oxygen atoms in total. The highest BCUT2D eigenvalue weighted by Crippen LogP contribution is 2.27. The highest BCUT2D eigenvalue weighted by atomic mass is 16.2. The predicted octanol–water partition coefficient (Wildman–Crippen LogP) is 6.09. The highest BCUT2D eigenvalue weighted by molar-refractivity contribution is 5.81. The zero-order chi connectivity index (χ0) is 23.6. The molecule has 4 aromatic carbocycles. The van der Waals surface area contributed by atoms with E-state index in [1.165, 1.54) is 11.1 Å². The Morgan fingerprint density at radius 2 is 1.00 bits per heavy atom. The molecule has 0 radical (unpaired) electrons. The number of carbonyl (C=O) groups excluding carboxylic acids is 1. The van der Waals surface area contributed by atoms with Crippen LogP contribution in [0, 0.1) is 0 Å². The fourth-order valence-electron chi connectivity index (χ4n) is 4.39. The number of nitrogens with one attached hydrogen (secondary N) is 2. The number of hydrogen-bond acceptors (Lipinski definition) is 2. The molecule has 0 bridgehead atoms. The molecule has 4 rings (SSSR count). The second-order valence-electron chi connectivity index (χ2n) is 8.60. The molecule has 1 unspecified atom stereocenters. The first kappa shape index (κ1) is 23.5. The summed E-state index contributed by atoms with van der Waals surface area (Å²) < 4.78 is 0. The van der Waals surface area contributed by atoms with E-state index in [0.717, 1.165) is 17.5 Å². The van der Waals surface area contributed by atoms with E-state index in [1.54, 1.807) is 0 Å². The van der Waals surface area contributed by atoms with Crippen LogP contribution in [-0.2, 0) is 4.79 Å². The molecule has 0 aliphatic carbocycles. The van der Waals surface area contributed by atoms with Gasteiger partial charge in [0.1, 0.15) is 0 Å². The van der Waals surface area contributed by atoms with Gasteiger partial charge in [0.25, 0.3) is 0 Å². The van der Waals surface area contributed by atoms with Crippen molar-refractivity contribution in [1.82, 2.24) is 10.6 Å². The van der Waals surface area contributed by atoms with Crippen molar-refractivity contribution in [2.45, 2.75) is 31.3 Å². The summed E-state index contributed by atoms with van der Waals surface area (Å²) in [5.74, 6) is 0.254. The molecule has 4 aromatic rings.